The Morgan fingerprint density at radius 1 is 1.08 bits per heavy atom. The average molecular weight is 321 g/mol. The summed E-state index contributed by atoms with van der Waals surface area (Å²) < 4.78 is 15.0. The lowest BCUT2D eigenvalue weighted by atomic mass is 10.1. The second-order valence-corrected chi connectivity index (χ2v) is 5.73. The van der Waals surface area contributed by atoms with Gasteiger partial charge in [0.2, 0.25) is 12.6 Å². The molecule has 120 valence electrons. The van der Waals surface area contributed by atoms with Crippen LogP contribution in [0.4, 0.5) is 0 Å². The van der Waals surface area contributed by atoms with Gasteiger partial charge in [-0.05, 0) is 30.3 Å². The summed E-state index contributed by atoms with van der Waals surface area (Å²) in [4.78, 5) is 4.71. The van der Waals surface area contributed by atoms with Crippen LogP contribution in [0.15, 0.2) is 48.7 Å². The van der Waals surface area contributed by atoms with Crippen LogP contribution in [0.5, 0.6) is 11.5 Å². The van der Waals surface area contributed by atoms with E-state index in [0.717, 1.165) is 39.6 Å². The minimum Gasteiger partial charge on any atom is -0.454 e. The summed E-state index contributed by atoms with van der Waals surface area (Å²) in [7, 11) is 0. The molecule has 1 N–H and O–H groups in total. The molecular weight excluding hydrogens is 306 g/mol. The van der Waals surface area contributed by atoms with Crippen molar-refractivity contribution in [2.75, 3.05) is 13.4 Å². The average Bonchev–Trinajstić information content (AvgIpc) is 3.29. The maximum absolute atomic E-state index is 9.50. The summed E-state index contributed by atoms with van der Waals surface area (Å²) in [6, 6.07) is 13.9. The Labute approximate surface area is 137 Å². The highest BCUT2D eigenvalue weighted by Crippen LogP contribution is 2.36. The van der Waals surface area contributed by atoms with E-state index in [2.05, 4.69) is 10.6 Å². The SMILES string of the molecule is OCCn1c(-c2ccc3c(c2)OCO3)cn2c3ccccc3nc12. The molecule has 0 spiro atoms. The van der Waals surface area contributed by atoms with E-state index in [1.807, 2.05) is 47.0 Å². The predicted molar refractivity (Wildman–Crippen MR) is 89.3 cm³/mol. The number of nitrogens with zero attached hydrogens (tertiary/aromatic N) is 3. The van der Waals surface area contributed by atoms with Crippen LogP contribution in [0.2, 0.25) is 0 Å². The number of fused-ring (bicyclic) bond motifs is 4. The number of hydrogen-bond acceptors (Lipinski definition) is 4. The van der Waals surface area contributed by atoms with E-state index >= 15 is 0 Å². The second-order valence-electron chi connectivity index (χ2n) is 5.73. The molecule has 4 aromatic rings. The molecule has 0 saturated carbocycles. The molecule has 6 heteroatoms. The van der Waals surface area contributed by atoms with Gasteiger partial charge in [0, 0.05) is 18.3 Å². The standard InChI is InChI=1S/C18H15N3O3/c22-8-7-20-15(12-5-6-16-17(9-12)24-11-23-16)10-21-14-4-2-1-3-13(14)19-18(20)21/h1-6,9-10,22H,7-8,11H2. The van der Waals surface area contributed by atoms with Crippen LogP contribution in [0.3, 0.4) is 0 Å². The van der Waals surface area contributed by atoms with Gasteiger partial charge in [0.1, 0.15) is 0 Å². The smallest absolute Gasteiger partial charge is 0.231 e. The summed E-state index contributed by atoms with van der Waals surface area (Å²) in [6.45, 7) is 0.777. The molecule has 0 fully saturated rings. The number of benzene rings is 2. The zero-order valence-corrected chi connectivity index (χ0v) is 12.8. The molecule has 0 unspecified atom stereocenters. The molecule has 0 saturated heterocycles. The number of imidazole rings is 2. The molecule has 3 heterocycles. The molecule has 0 atom stereocenters. The van der Waals surface area contributed by atoms with Gasteiger partial charge >= 0.3 is 0 Å². The van der Waals surface area contributed by atoms with E-state index in [-0.39, 0.29) is 13.4 Å². The van der Waals surface area contributed by atoms with E-state index in [0.29, 0.717) is 6.54 Å². The van der Waals surface area contributed by atoms with Crippen molar-refractivity contribution >= 4 is 16.8 Å². The predicted octanol–water partition coefficient (Wildman–Crippen LogP) is 2.68. The Balaban J connectivity index is 1.76. The minimum atomic E-state index is 0.0467. The molecule has 0 amide bonds. The lowest BCUT2D eigenvalue weighted by molar-refractivity contribution is 0.174. The quantitative estimate of drug-likeness (QED) is 0.630. The van der Waals surface area contributed by atoms with Crippen LogP contribution in [0.25, 0.3) is 28.1 Å². The van der Waals surface area contributed by atoms with Crippen LogP contribution in [-0.2, 0) is 6.54 Å². The molecule has 0 bridgehead atoms. The first kappa shape index (κ1) is 13.4. The Morgan fingerprint density at radius 2 is 1.96 bits per heavy atom. The molecule has 1 aliphatic rings. The molecular formula is C18H15N3O3. The summed E-state index contributed by atoms with van der Waals surface area (Å²) >= 11 is 0. The van der Waals surface area contributed by atoms with E-state index in [1.165, 1.54) is 0 Å². The van der Waals surface area contributed by atoms with E-state index in [4.69, 9.17) is 14.5 Å². The Bertz CT molecular complexity index is 1060. The van der Waals surface area contributed by atoms with Gasteiger partial charge in [0.15, 0.2) is 11.5 Å². The van der Waals surface area contributed by atoms with Crippen LogP contribution >= 0.6 is 0 Å². The maximum atomic E-state index is 9.50. The van der Waals surface area contributed by atoms with Crippen LogP contribution in [-0.4, -0.2) is 32.5 Å². The maximum Gasteiger partial charge on any atom is 0.231 e. The summed E-state index contributed by atoms with van der Waals surface area (Å²) in [6.07, 6.45) is 2.05. The Kier molecular flexibility index (Phi) is 2.80. The fraction of sp³-hybridized carbons (Fsp3) is 0.167. The van der Waals surface area contributed by atoms with Crippen LogP contribution in [0, 0.1) is 0 Å². The number of aliphatic hydroxyl groups excluding tert-OH is 1. The minimum absolute atomic E-state index is 0.0467. The molecule has 2 aromatic carbocycles. The highest BCUT2D eigenvalue weighted by atomic mass is 16.7. The Morgan fingerprint density at radius 3 is 2.88 bits per heavy atom. The first-order chi connectivity index (χ1) is 11.8. The molecule has 1 aliphatic heterocycles. The lowest BCUT2D eigenvalue weighted by Gasteiger charge is -2.07. The van der Waals surface area contributed by atoms with Crippen molar-refractivity contribution < 1.29 is 14.6 Å². The third kappa shape index (κ3) is 1.83. The van der Waals surface area contributed by atoms with Crippen molar-refractivity contribution in [1.82, 2.24) is 14.0 Å². The van der Waals surface area contributed by atoms with Gasteiger partial charge in [-0.15, -0.1) is 0 Å². The monoisotopic (exact) mass is 321 g/mol. The molecule has 24 heavy (non-hydrogen) atoms. The number of ether oxygens (including phenoxy) is 2. The summed E-state index contributed by atoms with van der Waals surface area (Å²) in [5.74, 6) is 2.32. The summed E-state index contributed by atoms with van der Waals surface area (Å²) in [5, 5.41) is 9.50. The highest BCUT2D eigenvalue weighted by Gasteiger charge is 2.18. The number of aliphatic hydroxyl groups is 1. The first-order valence-corrected chi connectivity index (χ1v) is 7.82. The van der Waals surface area contributed by atoms with Gasteiger partial charge in [-0.1, -0.05) is 12.1 Å². The number of aromatic nitrogens is 3. The third-order valence-corrected chi connectivity index (χ3v) is 4.35. The molecule has 6 nitrogen and oxygen atoms in total. The van der Waals surface area contributed by atoms with Gasteiger partial charge in [-0.2, -0.15) is 0 Å². The second kappa shape index (κ2) is 5.01. The van der Waals surface area contributed by atoms with Gasteiger partial charge in [0.25, 0.3) is 0 Å². The van der Waals surface area contributed by atoms with Gasteiger partial charge < -0.3 is 19.1 Å². The summed E-state index contributed by atoms with van der Waals surface area (Å²) in [5.41, 5.74) is 3.97. The fourth-order valence-electron chi connectivity index (χ4n) is 3.26. The molecule has 5 rings (SSSR count). The highest BCUT2D eigenvalue weighted by molar-refractivity contribution is 5.81. The van der Waals surface area contributed by atoms with Crippen LogP contribution < -0.4 is 9.47 Å². The molecule has 0 radical (unpaired) electrons. The largest absolute Gasteiger partial charge is 0.454 e. The van der Waals surface area contributed by atoms with Crippen LogP contribution in [0.1, 0.15) is 0 Å². The lowest BCUT2D eigenvalue weighted by Crippen LogP contribution is -2.04. The van der Waals surface area contributed by atoms with Crippen molar-refractivity contribution in [3.63, 3.8) is 0 Å². The van der Waals surface area contributed by atoms with Crippen molar-refractivity contribution in [1.29, 1.82) is 0 Å². The van der Waals surface area contributed by atoms with Gasteiger partial charge in [-0.25, -0.2) is 4.98 Å². The normalized spacial score (nSPS) is 13.2. The van der Waals surface area contributed by atoms with E-state index in [1.54, 1.807) is 0 Å². The van der Waals surface area contributed by atoms with E-state index < -0.39 is 0 Å². The fourth-order valence-corrected chi connectivity index (χ4v) is 3.26. The third-order valence-electron chi connectivity index (χ3n) is 4.35. The van der Waals surface area contributed by atoms with E-state index in [9.17, 15) is 5.11 Å². The van der Waals surface area contributed by atoms with Crippen molar-refractivity contribution in [3.8, 4) is 22.8 Å². The van der Waals surface area contributed by atoms with Crippen molar-refractivity contribution in [3.05, 3.63) is 48.7 Å². The van der Waals surface area contributed by atoms with Gasteiger partial charge in [0.05, 0.1) is 23.3 Å². The van der Waals surface area contributed by atoms with Crippen molar-refractivity contribution in [2.24, 2.45) is 0 Å². The number of rotatable bonds is 3. The topological polar surface area (TPSA) is 60.9 Å². The zero-order valence-electron chi connectivity index (χ0n) is 12.8. The van der Waals surface area contributed by atoms with Gasteiger partial charge in [-0.3, -0.25) is 4.40 Å². The number of para-hydroxylation sites is 2. The molecule has 0 aliphatic carbocycles. The number of hydrogen-bond donors (Lipinski definition) is 1. The first-order valence-electron chi connectivity index (χ1n) is 7.82. The Hall–Kier alpha value is -2.99. The van der Waals surface area contributed by atoms with Crippen molar-refractivity contribution in [2.45, 2.75) is 6.54 Å². The molecule has 2 aromatic heterocycles. The zero-order chi connectivity index (χ0) is 16.1.